The van der Waals surface area contributed by atoms with Crippen LogP contribution in [0.25, 0.3) is 16.6 Å². The fraction of sp³-hybridized carbons (Fsp3) is 0.500. The minimum absolute atomic E-state index is 0.00210. The number of fused-ring (bicyclic) bond motifs is 3. The SMILES string of the molecule is CC(CCn1ncn2c(cc3occc32)c1=O)N1CCC(C(N)=O)CC1. The molecule has 1 saturated heterocycles. The molecule has 1 aliphatic rings. The quantitative estimate of drug-likeness (QED) is 0.740. The fourth-order valence-electron chi connectivity index (χ4n) is 3.81. The predicted molar refractivity (Wildman–Crippen MR) is 96.8 cm³/mol. The largest absolute Gasteiger partial charge is 0.463 e. The molecule has 138 valence electrons. The van der Waals surface area contributed by atoms with Crippen LogP contribution in [0.1, 0.15) is 26.2 Å². The van der Waals surface area contributed by atoms with Gasteiger partial charge in [0.2, 0.25) is 5.91 Å². The summed E-state index contributed by atoms with van der Waals surface area (Å²) in [7, 11) is 0. The zero-order valence-electron chi connectivity index (χ0n) is 14.8. The van der Waals surface area contributed by atoms with Gasteiger partial charge < -0.3 is 15.1 Å². The van der Waals surface area contributed by atoms with Gasteiger partial charge in [-0.1, -0.05) is 0 Å². The molecule has 4 rings (SSSR count). The third-order valence-electron chi connectivity index (χ3n) is 5.53. The first-order chi connectivity index (χ1) is 12.5. The summed E-state index contributed by atoms with van der Waals surface area (Å²) in [6.45, 7) is 4.44. The molecule has 3 aromatic heterocycles. The summed E-state index contributed by atoms with van der Waals surface area (Å²) in [5, 5.41) is 4.31. The molecule has 8 heteroatoms. The number of likely N-dealkylation sites (tertiary alicyclic amines) is 1. The average Bonchev–Trinajstić information content (AvgIpc) is 3.23. The second-order valence-corrected chi connectivity index (χ2v) is 7.08. The maximum absolute atomic E-state index is 12.7. The number of aromatic nitrogens is 3. The molecule has 26 heavy (non-hydrogen) atoms. The lowest BCUT2D eigenvalue weighted by Gasteiger charge is -2.35. The van der Waals surface area contributed by atoms with Gasteiger partial charge in [0, 0.05) is 30.6 Å². The highest BCUT2D eigenvalue weighted by Gasteiger charge is 2.25. The minimum atomic E-state index is -0.195. The molecule has 0 bridgehead atoms. The zero-order chi connectivity index (χ0) is 18.3. The van der Waals surface area contributed by atoms with E-state index in [1.165, 1.54) is 4.68 Å². The number of primary amides is 1. The number of furan rings is 1. The van der Waals surface area contributed by atoms with Gasteiger partial charge in [0.05, 0.1) is 11.8 Å². The number of hydrogen-bond donors (Lipinski definition) is 1. The Hall–Kier alpha value is -2.61. The molecule has 4 heterocycles. The van der Waals surface area contributed by atoms with Crippen molar-refractivity contribution in [2.24, 2.45) is 11.7 Å². The highest BCUT2D eigenvalue weighted by Crippen LogP contribution is 2.20. The van der Waals surface area contributed by atoms with E-state index in [1.54, 1.807) is 23.1 Å². The van der Waals surface area contributed by atoms with Crippen molar-refractivity contribution in [3.63, 3.8) is 0 Å². The van der Waals surface area contributed by atoms with Gasteiger partial charge >= 0.3 is 0 Å². The summed E-state index contributed by atoms with van der Waals surface area (Å²) >= 11 is 0. The van der Waals surface area contributed by atoms with Gasteiger partial charge in [0.1, 0.15) is 11.8 Å². The fourth-order valence-corrected chi connectivity index (χ4v) is 3.81. The summed E-state index contributed by atoms with van der Waals surface area (Å²) < 4.78 is 8.64. The standard InChI is InChI=1S/C18H23N5O3/c1-12(21-6-3-13(4-7-21)17(19)24)2-8-23-18(25)15-10-16-14(5-9-26-16)22(15)11-20-23/h5,9-13H,2-4,6-8H2,1H3,(H2,19,24). The molecule has 0 aromatic carbocycles. The van der Waals surface area contributed by atoms with Crippen molar-refractivity contribution in [3.05, 3.63) is 35.1 Å². The van der Waals surface area contributed by atoms with Gasteiger partial charge in [-0.15, -0.1) is 0 Å². The number of piperidine rings is 1. The van der Waals surface area contributed by atoms with Gasteiger partial charge in [-0.3, -0.25) is 14.0 Å². The number of rotatable bonds is 5. The van der Waals surface area contributed by atoms with Crippen LogP contribution in [-0.4, -0.2) is 44.1 Å². The van der Waals surface area contributed by atoms with E-state index in [0.717, 1.165) is 37.9 Å². The second-order valence-electron chi connectivity index (χ2n) is 7.08. The normalized spacial score (nSPS) is 17.9. The lowest BCUT2D eigenvalue weighted by Crippen LogP contribution is -2.43. The Labute approximate surface area is 150 Å². The molecule has 8 nitrogen and oxygen atoms in total. The average molecular weight is 357 g/mol. The molecule has 1 amide bonds. The second kappa shape index (κ2) is 6.60. The van der Waals surface area contributed by atoms with E-state index in [2.05, 4.69) is 16.9 Å². The summed E-state index contributed by atoms with van der Waals surface area (Å²) in [6, 6.07) is 3.90. The zero-order valence-corrected chi connectivity index (χ0v) is 14.8. The van der Waals surface area contributed by atoms with Crippen LogP contribution in [0.3, 0.4) is 0 Å². The molecule has 1 atom stereocenters. The van der Waals surface area contributed by atoms with Crippen LogP contribution < -0.4 is 11.3 Å². The molecule has 1 fully saturated rings. The topological polar surface area (TPSA) is 98.8 Å². The minimum Gasteiger partial charge on any atom is -0.463 e. The molecule has 0 aliphatic carbocycles. The van der Waals surface area contributed by atoms with Crippen LogP contribution in [0.4, 0.5) is 0 Å². The number of carbonyl (C=O) groups excluding carboxylic acids is 1. The highest BCUT2D eigenvalue weighted by molar-refractivity contribution is 5.81. The molecule has 0 radical (unpaired) electrons. The van der Waals surface area contributed by atoms with E-state index in [1.807, 2.05) is 6.07 Å². The Balaban J connectivity index is 1.43. The predicted octanol–water partition coefficient (Wildman–Crippen LogP) is 1.22. The molecular formula is C18H23N5O3. The van der Waals surface area contributed by atoms with E-state index >= 15 is 0 Å². The maximum Gasteiger partial charge on any atom is 0.291 e. The first-order valence-electron chi connectivity index (χ1n) is 9.02. The van der Waals surface area contributed by atoms with Gasteiger partial charge in [-0.2, -0.15) is 5.10 Å². The van der Waals surface area contributed by atoms with Crippen molar-refractivity contribution in [1.82, 2.24) is 19.1 Å². The monoisotopic (exact) mass is 357 g/mol. The smallest absolute Gasteiger partial charge is 0.291 e. The van der Waals surface area contributed by atoms with Gasteiger partial charge in [-0.05, 0) is 39.3 Å². The van der Waals surface area contributed by atoms with Gasteiger partial charge in [0.15, 0.2) is 5.58 Å². The first-order valence-corrected chi connectivity index (χ1v) is 9.02. The van der Waals surface area contributed by atoms with E-state index < -0.39 is 0 Å². The Morgan fingerprint density at radius 1 is 1.38 bits per heavy atom. The maximum atomic E-state index is 12.7. The van der Waals surface area contributed by atoms with Crippen LogP contribution in [0, 0.1) is 5.92 Å². The summed E-state index contributed by atoms with van der Waals surface area (Å²) in [6.07, 6.45) is 5.71. The van der Waals surface area contributed by atoms with Crippen molar-refractivity contribution in [2.45, 2.75) is 38.8 Å². The highest BCUT2D eigenvalue weighted by atomic mass is 16.3. The van der Waals surface area contributed by atoms with E-state index in [0.29, 0.717) is 23.7 Å². The first kappa shape index (κ1) is 16.8. The third kappa shape index (κ3) is 2.90. The molecule has 0 spiro atoms. The number of hydrogen-bond acceptors (Lipinski definition) is 5. The Morgan fingerprint density at radius 2 is 2.15 bits per heavy atom. The molecular weight excluding hydrogens is 334 g/mol. The Kier molecular flexibility index (Phi) is 4.28. The summed E-state index contributed by atoms with van der Waals surface area (Å²) in [4.78, 5) is 26.3. The van der Waals surface area contributed by atoms with Crippen LogP contribution >= 0.6 is 0 Å². The summed E-state index contributed by atoms with van der Waals surface area (Å²) in [5.41, 5.74) is 7.39. The number of nitrogens with two attached hydrogens (primary N) is 1. The van der Waals surface area contributed by atoms with Crippen molar-refractivity contribution in [3.8, 4) is 0 Å². The van der Waals surface area contributed by atoms with Crippen molar-refractivity contribution in [2.75, 3.05) is 13.1 Å². The molecule has 1 aliphatic heterocycles. The molecule has 1 unspecified atom stereocenters. The Morgan fingerprint density at radius 3 is 2.88 bits per heavy atom. The molecule has 0 saturated carbocycles. The lowest BCUT2D eigenvalue weighted by molar-refractivity contribution is -0.123. The van der Waals surface area contributed by atoms with Crippen LogP contribution in [0.2, 0.25) is 0 Å². The van der Waals surface area contributed by atoms with Crippen LogP contribution in [0.15, 0.2) is 33.9 Å². The van der Waals surface area contributed by atoms with Gasteiger partial charge in [0.25, 0.3) is 5.56 Å². The lowest BCUT2D eigenvalue weighted by atomic mass is 9.95. The molecule has 3 aromatic rings. The summed E-state index contributed by atoms with van der Waals surface area (Å²) in [5.74, 6) is -0.197. The van der Waals surface area contributed by atoms with Crippen LogP contribution in [-0.2, 0) is 11.3 Å². The Bertz CT molecular complexity index is 993. The third-order valence-corrected chi connectivity index (χ3v) is 5.53. The van der Waals surface area contributed by atoms with E-state index in [-0.39, 0.29) is 17.4 Å². The number of aryl methyl sites for hydroxylation is 1. The number of amides is 1. The van der Waals surface area contributed by atoms with Crippen molar-refractivity contribution in [1.29, 1.82) is 0 Å². The van der Waals surface area contributed by atoms with Crippen molar-refractivity contribution >= 4 is 22.5 Å². The van der Waals surface area contributed by atoms with Gasteiger partial charge in [-0.25, -0.2) is 4.68 Å². The van der Waals surface area contributed by atoms with Crippen molar-refractivity contribution < 1.29 is 9.21 Å². The van der Waals surface area contributed by atoms with E-state index in [9.17, 15) is 9.59 Å². The number of nitrogens with zero attached hydrogens (tertiary/aromatic N) is 4. The van der Waals surface area contributed by atoms with Crippen LogP contribution in [0.5, 0.6) is 0 Å². The van der Waals surface area contributed by atoms with E-state index in [4.69, 9.17) is 10.2 Å². The molecule has 2 N–H and O–H groups in total. The number of carbonyl (C=O) groups is 1.